The SMILES string of the molecule is CCNC(=NCCC(=O)N(C)C)NCCc1c[nH]c2ccc(F)cc12. The maximum Gasteiger partial charge on any atom is 0.223 e. The monoisotopic (exact) mass is 347 g/mol. The summed E-state index contributed by atoms with van der Waals surface area (Å²) >= 11 is 0. The molecule has 1 aromatic heterocycles. The Morgan fingerprint density at radius 2 is 2.12 bits per heavy atom. The number of aliphatic imine (C=N–C) groups is 1. The van der Waals surface area contributed by atoms with E-state index in [1.165, 1.54) is 6.07 Å². The Hall–Kier alpha value is -2.57. The van der Waals surface area contributed by atoms with E-state index in [4.69, 9.17) is 0 Å². The van der Waals surface area contributed by atoms with Crippen molar-refractivity contribution in [2.24, 2.45) is 4.99 Å². The van der Waals surface area contributed by atoms with Gasteiger partial charge in [-0.25, -0.2) is 4.39 Å². The lowest BCUT2D eigenvalue weighted by atomic mass is 10.1. The highest BCUT2D eigenvalue weighted by molar-refractivity contribution is 5.83. The van der Waals surface area contributed by atoms with Gasteiger partial charge in [-0.1, -0.05) is 0 Å². The van der Waals surface area contributed by atoms with E-state index in [1.54, 1.807) is 31.1 Å². The third kappa shape index (κ3) is 5.48. The fourth-order valence-electron chi connectivity index (χ4n) is 2.50. The highest BCUT2D eigenvalue weighted by Gasteiger charge is 2.06. The number of carbonyl (C=O) groups excluding carboxylic acids is 1. The van der Waals surface area contributed by atoms with Crippen LogP contribution in [0.4, 0.5) is 4.39 Å². The molecule has 2 rings (SSSR count). The largest absolute Gasteiger partial charge is 0.361 e. The summed E-state index contributed by atoms with van der Waals surface area (Å²) in [6.07, 6.45) is 3.03. The Bertz CT molecular complexity index is 738. The van der Waals surface area contributed by atoms with Crippen molar-refractivity contribution >= 4 is 22.8 Å². The molecule has 0 spiro atoms. The van der Waals surface area contributed by atoms with Crippen molar-refractivity contribution in [2.45, 2.75) is 19.8 Å². The molecule has 136 valence electrons. The van der Waals surface area contributed by atoms with Gasteiger partial charge in [0.2, 0.25) is 5.91 Å². The van der Waals surface area contributed by atoms with Gasteiger partial charge in [-0.3, -0.25) is 9.79 Å². The number of aromatic amines is 1. The molecule has 3 N–H and O–H groups in total. The Morgan fingerprint density at radius 3 is 2.84 bits per heavy atom. The van der Waals surface area contributed by atoms with Crippen LogP contribution in [0.1, 0.15) is 18.9 Å². The van der Waals surface area contributed by atoms with Crippen molar-refractivity contribution in [3.8, 4) is 0 Å². The van der Waals surface area contributed by atoms with Gasteiger partial charge in [0, 0.05) is 50.7 Å². The minimum Gasteiger partial charge on any atom is -0.361 e. The molecule has 0 unspecified atom stereocenters. The number of guanidine groups is 1. The molecular formula is C18H26FN5O. The Balaban J connectivity index is 1.89. The normalized spacial score (nSPS) is 11.6. The third-order valence-electron chi connectivity index (χ3n) is 3.85. The van der Waals surface area contributed by atoms with Gasteiger partial charge in [0.15, 0.2) is 5.96 Å². The Kier molecular flexibility index (Phi) is 6.80. The van der Waals surface area contributed by atoms with Gasteiger partial charge in [-0.05, 0) is 37.1 Å². The second kappa shape index (κ2) is 9.05. The first kappa shape index (κ1) is 18.8. The third-order valence-corrected chi connectivity index (χ3v) is 3.85. The van der Waals surface area contributed by atoms with Crippen molar-refractivity contribution in [3.63, 3.8) is 0 Å². The molecule has 6 nitrogen and oxygen atoms in total. The van der Waals surface area contributed by atoms with Crippen LogP contribution >= 0.6 is 0 Å². The number of benzene rings is 1. The summed E-state index contributed by atoms with van der Waals surface area (Å²) in [6.45, 7) is 3.83. The number of nitrogens with zero attached hydrogens (tertiary/aromatic N) is 2. The van der Waals surface area contributed by atoms with Crippen molar-refractivity contribution < 1.29 is 9.18 Å². The van der Waals surface area contributed by atoms with E-state index in [0.29, 0.717) is 25.5 Å². The van der Waals surface area contributed by atoms with E-state index in [9.17, 15) is 9.18 Å². The van der Waals surface area contributed by atoms with Crippen LogP contribution in [0.25, 0.3) is 10.9 Å². The first-order valence-electron chi connectivity index (χ1n) is 8.49. The number of nitrogens with one attached hydrogen (secondary N) is 3. The van der Waals surface area contributed by atoms with Gasteiger partial charge < -0.3 is 20.5 Å². The molecule has 2 aromatic rings. The maximum atomic E-state index is 13.4. The molecule has 1 amide bonds. The Morgan fingerprint density at radius 1 is 1.32 bits per heavy atom. The molecule has 0 bridgehead atoms. The number of aromatic nitrogens is 1. The summed E-state index contributed by atoms with van der Waals surface area (Å²) in [6, 6.07) is 4.74. The fraction of sp³-hybridized carbons (Fsp3) is 0.444. The second-order valence-corrected chi connectivity index (χ2v) is 5.98. The second-order valence-electron chi connectivity index (χ2n) is 5.98. The van der Waals surface area contributed by atoms with Gasteiger partial charge in [-0.2, -0.15) is 0 Å². The molecule has 0 atom stereocenters. The molecule has 0 aliphatic heterocycles. The maximum absolute atomic E-state index is 13.4. The van der Waals surface area contributed by atoms with Crippen LogP contribution in [-0.2, 0) is 11.2 Å². The number of amides is 1. The summed E-state index contributed by atoms with van der Waals surface area (Å²) in [7, 11) is 3.47. The smallest absolute Gasteiger partial charge is 0.223 e. The van der Waals surface area contributed by atoms with Crippen LogP contribution in [0.3, 0.4) is 0 Å². The quantitative estimate of drug-likeness (QED) is 0.529. The lowest BCUT2D eigenvalue weighted by Gasteiger charge is -2.12. The number of hydrogen-bond donors (Lipinski definition) is 3. The minimum absolute atomic E-state index is 0.0559. The van der Waals surface area contributed by atoms with Crippen LogP contribution in [-0.4, -0.2) is 55.5 Å². The first-order chi connectivity index (χ1) is 12.0. The number of rotatable bonds is 7. The average Bonchev–Trinajstić information content (AvgIpc) is 2.97. The average molecular weight is 347 g/mol. The zero-order valence-corrected chi connectivity index (χ0v) is 15.0. The van der Waals surface area contributed by atoms with Crippen molar-refractivity contribution in [3.05, 3.63) is 35.8 Å². The lowest BCUT2D eigenvalue weighted by Crippen LogP contribution is -2.38. The number of halogens is 1. The van der Waals surface area contributed by atoms with Crippen molar-refractivity contribution in [2.75, 3.05) is 33.7 Å². The van der Waals surface area contributed by atoms with Gasteiger partial charge in [0.1, 0.15) is 5.82 Å². The number of fused-ring (bicyclic) bond motifs is 1. The van der Waals surface area contributed by atoms with Crippen molar-refractivity contribution in [1.29, 1.82) is 0 Å². The lowest BCUT2D eigenvalue weighted by molar-refractivity contribution is -0.128. The first-order valence-corrected chi connectivity index (χ1v) is 8.49. The molecule has 0 radical (unpaired) electrons. The number of carbonyl (C=O) groups is 1. The molecule has 0 aliphatic rings. The highest BCUT2D eigenvalue weighted by atomic mass is 19.1. The summed E-state index contributed by atoms with van der Waals surface area (Å²) in [5.74, 6) is 0.502. The van der Waals surface area contributed by atoms with Crippen molar-refractivity contribution in [1.82, 2.24) is 20.5 Å². The zero-order valence-electron chi connectivity index (χ0n) is 15.0. The van der Waals surface area contributed by atoms with Gasteiger partial charge >= 0.3 is 0 Å². The van der Waals surface area contributed by atoms with Gasteiger partial charge in [0.25, 0.3) is 0 Å². The summed E-state index contributed by atoms with van der Waals surface area (Å²) in [5.41, 5.74) is 1.99. The molecule has 1 heterocycles. The standard InChI is InChI=1S/C18H26FN5O/c1-4-20-18(22-10-8-17(25)24(2)3)21-9-7-13-12-23-16-6-5-14(19)11-15(13)16/h5-6,11-12,23H,4,7-10H2,1-3H3,(H2,20,21,22). The number of H-pyrrole nitrogens is 1. The summed E-state index contributed by atoms with van der Waals surface area (Å²) in [5, 5.41) is 7.31. The van der Waals surface area contributed by atoms with E-state index in [-0.39, 0.29) is 11.7 Å². The minimum atomic E-state index is -0.234. The molecule has 1 aromatic carbocycles. The zero-order chi connectivity index (χ0) is 18.2. The van der Waals surface area contributed by atoms with Gasteiger partial charge in [0.05, 0.1) is 6.54 Å². The van der Waals surface area contributed by atoms with Crippen LogP contribution in [0.15, 0.2) is 29.4 Å². The molecule has 0 saturated carbocycles. The fourth-order valence-corrected chi connectivity index (χ4v) is 2.50. The van der Waals surface area contributed by atoms with Gasteiger partial charge in [-0.15, -0.1) is 0 Å². The predicted molar refractivity (Wildman–Crippen MR) is 99.3 cm³/mol. The van der Waals surface area contributed by atoms with E-state index in [2.05, 4.69) is 20.6 Å². The van der Waals surface area contributed by atoms with E-state index in [0.717, 1.165) is 29.4 Å². The van der Waals surface area contributed by atoms with Crippen LogP contribution in [0.5, 0.6) is 0 Å². The van der Waals surface area contributed by atoms with E-state index >= 15 is 0 Å². The number of hydrogen-bond acceptors (Lipinski definition) is 2. The molecular weight excluding hydrogens is 321 g/mol. The molecule has 0 aliphatic carbocycles. The van der Waals surface area contributed by atoms with Crippen LogP contribution in [0.2, 0.25) is 0 Å². The summed E-state index contributed by atoms with van der Waals surface area (Å²) in [4.78, 5) is 20.7. The highest BCUT2D eigenvalue weighted by Crippen LogP contribution is 2.19. The Labute approximate surface area is 147 Å². The summed E-state index contributed by atoms with van der Waals surface area (Å²) < 4.78 is 13.4. The topological polar surface area (TPSA) is 72.5 Å². The van der Waals surface area contributed by atoms with E-state index in [1.807, 2.05) is 13.1 Å². The molecule has 7 heteroatoms. The molecule has 0 fully saturated rings. The van der Waals surface area contributed by atoms with Crippen LogP contribution < -0.4 is 10.6 Å². The molecule has 25 heavy (non-hydrogen) atoms. The molecule has 0 saturated heterocycles. The van der Waals surface area contributed by atoms with Crippen LogP contribution in [0, 0.1) is 5.82 Å². The predicted octanol–water partition coefficient (Wildman–Crippen LogP) is 1.88. The van der Waals surface area contributed by atoms with E-state index < -0.39 is 0 Å².